The largest absolute Gasteiger partial charge is 0.475 e. The molecule has 1 rings (SSSR count). The van der Waals surface area contributed by atoms with Crippen LogP contribution in [0.5, 0.6) is 5.88 Å². The van der Waals surface area contributed by atoms with Crippen LogP contribution in [-0.2, 0) is 4.74 Å². The topological polar surface area (TPSA) is 67.2 Å². The van der Waals surface area contributed by atoms with Gasteiger partial charge in [0.25, 0.3) is 0 Å². The number of hydrogen-bond donors (Lipinski definition) is 2. The van der Waals surface area contributed by atoms with Crippen molar-refractivity contribution >= 4 is 12.0 Å². The van der Waals surface area contributed by atoms with E-state index in [0.29, 0.717) is 24.7 Å². The first-order valence-corrected chi connectivity index (χ1v) is 6.77. The summed E-state index contributed by atoms with van der Waals surface area (Å²) in [5.41, 5.74) is 0.676. The number of pyridine rings is 1. The van der Waals surface area contributed by atoms with Gasteiger partial charge in [0.1, 0.15) is 12.4 Å². The number of rotatable bonds is 10. The summed E-state index contributed by atoms with van der Waals surface area (Å²) in [5, 5.41) is 10.5. The normalized spacial score (nSPS) is 10.2. The number of hydrogen-bond acceptors (Lipinski definition) is 5. The number of ether oxygens (including phenoxy) is 2. The molecule has 0 aromatic carbocycles. The van der Waals surface area contributed by atoms with Crippen LogP contribution in [0.25, 0.3) is 0 Å². The van der Waals surface area contributed by atoms with Crippen molar-refractivity contribution in [1.29, 1.82) is 5.41 Å². The van der Waals surface area contributed by atoms with Gasteiger partial charge in [0, 0.05) is 19.4 Å². The Bertz CT molecular complexity index is 383. The molecule has 0 aliphatic carbocycles. The molecule has 0 aliphatic rings. The molecule has 2 N–H and O–H groups in total. The second kappa shape index (κ2) is 9.33. The Morgan fingerprint density at radius 1 is 1.26 bits per heavy atom. The Hall–Kier alpha value is -1.62. The first kappa shape index (κ1) is 15.4. The fourth-order valence-electron chi connectivity index (χ4n) is 1.50. The number of anilines is 1. The molecule has 0 atom stereocenters. The lowest BCUT2D eigenvalue weighted by Gasteiger charge is -2.10. The summed E-state index contributed by atoms with van der Waals surface area (Å²) in [6.45, 7) is 6.71. The van der Waals surface area contributed by atoms with Gasteiger partial charge >= 0.3 is 0 Å². The average Bonchev–Trinajstić information content (AvgIpc) is 2.43. The highest BCUT2D eigenvalue weighted by atomic mass is 16.5. The van der Waals surface area contributed by atoms with Crippen molar-refractivity contribution in [2.24, 2.45) is 0 Å². The SMILES string of the molecule is CCCCOCCOc1nc(NCC)ccc1C=N. The molecule has 0 saturated heterocycles. The van der Waals surface area contributed by atoms with E-state index in [2.05, 4.69) is 17.2 Å². The van der Waals surface area contributed by atoms with Gasteiger partial charge in [-0.2, -0.15) is 4.98 Å². The van der Waals surface area contributed by atoms with Gasteiger partial charge in [-0.1, -0.05) is 13.3 Å². The third kappa shape index (κ3) is 5.70. The zero-order valence-electron chi connectivity index (χ0n) is 11.7. The molecule has 0 aliphatic heterocycles. The Balaban J connectivity index is 2.45. The van der Waals surface area contributed by atoms with Crippen molar-refractivity contribution < 1.29 is 9.47 Å². The van der Waals surface area contributed by atoms with Crippen LogP contribution in [0.2, 0.25) is 0 Å². The van der Waals surface area contributed by atoms with E-state index in [1.54, 1.807) is 0 Å². The summed E-state index contributed by atoms with van der Waals surface area (Å²) in [5.74, 6) is 1.24. The molecule has 0 bridgehead atoms. The molecule has 0 radical (unpaired) electrons. The van der Waals surface area contributed by atoms with E-state index in [0.717, 1.165) is 31.8 Å². The lowest BCUT2D eigenvalue weighted by Crippen LogP contribution is -2.10. The Kier molecular flexibility index (Phi) is 7.58. The zero-order chi connectivity index (χ0) is 13.9. The third-order valence-corrected chi connectivity index (χ3v) is 2.51. The summed E-state index contributed by atoms with van der Waals surface area (Å²) in [6.07, 6.45) is 3.45. The zero-order valence-corrected chi connectivity index (χ0v) is 11.7. The fraction of sp³-hybridized carbons (Fsp3) is 0.571. The molecule has 1 aromatic rings. The van der Waals surface area contributed by atoms with E-state index < -0.39 is 0 Å². The number of nitrogens with zero attached hydrogens (tertiary/aromatic N) is 1. The van der Waals surface area contributed by atoms with Crippen LogP contribution >= 0.6 is 0 Å². The lowest BCUT2D eigenvalue weighted by molar-refractivity contribution is 0.0965. The van der Waals surface area contributed by atoms with Crippen LogP contribution in [-0.4, -0.2) is 37.6 Å². The molecule has 0 fully saturated rings. The summed E-state index contributed by atoms with van der Waals surface area (Å²) in [7, 11) is 0. The molecule has 0 unspecified atom stereocenters. The second-order valence-electron chi connectivity index (χ2n) is 4.08. The Labute approximate surface area is 114 Å². The first-order valence-electron chi connectivity index (χ1n) is 6.77. The minimum atomic E-state index is 0.452. The third-order valence-electron chi connectivity index (χ3n) is 2.51. The minimum absolute atomic E-state index is 0.452. The average molecular weight is 265 g/mol. The standard InChI is InChI=1S/C14H23N3O2/c1-3-5-8-18-9-10-19-14-12(11-15)6-7-13(17-14)16-4-2/h6-7,11,15H,3-5,8-10H2,1-2H3,(H,16,17). The maximum absolute atomic E-state index is 7.33. The van der Waals surface area contributed by atoms with Crippen molar-refractivity contribution in [2.75, 3.05) is 31.7 Å². The molecule has 0 saturated carbocycles. The van der Waals surface area contributed by atoms with Gasteiger partial charge in [-0.25, -0.2) is 0 Å². The van der Waals surface area contributed by atoms with Gasteiger partial charge in [0.15, 0.2) is 0 Å². The van der Waals surface area contributed by atoms with Gasteiger partial charge in [0.2, 0.25) is 5.88 Å². The molecule has 1 heterocycles. The van der Waals surface area contributed by atoms with Crippen molar-refractivity contribution in [2.45, 2.75) is 26.7 Å². The van der Waals surface area contributed by atoms with E-state index in [1.807, 2.05) is 19.1 Å². The lowest BCUT2D eigenvalue weighted by atomic mass is 10.3. The van der Waals surface area contributed by atoms with Crippen molar-refractivity contribution in [3.63, 3.8) is 0 Å². The van der Waals surface area contributed by atoms with Crippen LogP contribution in [0.15, 0.2) is 12.1 Å². The second-order valence-corrected chi connectivity index (χ2v) is 4.08. The highest BCUT2D eigenvalue weighted by Gasteiger charge is 2.05. The molecule has 19 heavy (non-hydrogen) atoms. The predicted octanol–water partition coefficient (Wildman–Crippen LogP) is 2.71. The molecular weight excluding hydrogens is 242 g/mol. The minimum Gasteiger partial charge on any atom is -0.475 e. The monoisotopic (exact) mass is 265 g/mol. The smallest absolute Gasteiger partial charge is 0.224 e. The number of nitrogens with one attached hydrogen (secondary N) is 2. The molecule has 5 nitrogen and oxygen atoms in total. The van der Waals surface area contributed by atoms with Crippen LogP contribution in [0.4, 0.5) is 5.82 Å². The highest BCUT2D eigenvalue weighted by Crippen LogP contribution is 2.16. The van der Waals surface area contributed by atoms with Gasteiger partial charge in [-0.05, 0) is 25.5 Å². The predicted molar refractivity (Wildman–Crippen MR) is 77.5 cm³/mol. The fourth-order valence-corrected chi connectivity index (χ4v) is 1.50. The summed E-state index contributed by atoms with van der Waals surface area (Å²) >= 11 is 0. The number of aromatic nitrogens is 1. The van der Waals surface area contributed by atoms with E-state index >= 15 is 0 Å². The van der Waals surface area contributed by atoms with Gasteiger partial charge in [-0.15, -0.1) is 0 Å². The van der Waals surface area contributed by atoms with Crippen LogP contribution in [0.3, 0.4) is 0 Å². The maximum atomic E-state index is 7.33. The Morgan fingerprint density at radius 3 is 2.79 bits per heavy atom. The molecule has 0 amide bonds. The summed E-state index contributed by atoms with van der Waals surface area (Å²) in [4.78, 5) is 4.33. The number of unbranched alkanes of at least 4 members (excludes halogenated alkanes) is 1. The van der Waals surface area contributed by atoms with Gasteiger partial charge < -0.3 is 20.2 Å². The molecule has 1 aromatic heterocycles. The van der Waals surface area contributed by atoms with E-state index in [1.165, 1.54) is 6.21 Å². The molecule has 5 heteroatoms. The van der Waals surface area contributed by atoms with E-state index in [-0.39, 0.29) is 0 Å². The van der Waals surface area contributed by atoms with Crippen molar-refractivity contribution in [1.82, 2.24) is 4.98 Å². The van der Waals surface area contributed by atoms with Gasteiger partial charge in [-0.3, -0.25) is 0 Å². The first-order chi connectivity index (χ1) is 9.31. The quantitative estimate of drug-likeness (QED) is 0.504. The van der Waals surface area contributed by atoms with Crippen molar-refractivity contribution in [3.8, 4) is 5.88 Å². The van der Waals surface area contributed by atoms with E-state index in [4.69, 9.17) is 14.9 Å². The molecular formula is C14H23N3O2. The van der Waals surface area contributed by atoms with Crippen LogP contribution in [0, 0.1) is 5.41 Å². The van der Waals surface area contributed by atoms with E-state index in [9.17, 15) is 0 Å². The Morgan fingerprint density at radius 2 is 2.11 bits per heavy atom. The summed E-state index contributed by atoms with van der Waals surface area (Å²) in [6, 6.07) is 3.67. The van der Waals surface area contributed by atoms with Crippen LogP contribution < -0.4 is 10.1 Å². The highest BCUT2D eigenvalue weighted by molar-refractivity contribution is 5.80. The molecule has 0 spiro atoms. The van der Waals surface area contributed by atoms with Gasteiger partial charge in [0.05, 0.1) is 12.2 Å². The molecule has 106 valence electrons. The van der Waals surface area contributed by atoms with Crippen LogP contribution in [0.1, 0.15) is 32.3 Å². The maximum Gasteiger partial charge on any atom is 0.224 e. The summed E-state index contributed by atoms with van der Waals surface area (Å²) < 4.78 is 11.0. The van der Waals surface area contributed by atoms with Crippen molar-refractivity contribution in [3.05, 3.63) is 17.7 Å².